The van der Waals surface area contributed by atoms with Gasteiger partial charge in [-0.3, -0.25) is 4.79 Å². The number of halogens is 2. The molecule has 2 fully saturated rings. The van der Waals surface area contributed by atoms with Crippen LogP contribution in [-0.2, 0) is 4.74 Å². The molecule has 2 unspecified atom stereocenters. The van der Waals surface area contributed by atoms with E-state index in [1.54, 1.807) is 6.07 Å². The maximum Gasteiger partial charge on any atom is 0.254 e. The van der Waals surface area contributed by atoms with Crippen LogP contribution in [0.3, 0.4) is 0 Å². The van der Waals surface area contributed by atoms with Gasteiger partial charge in [-0.25, -0.2) is 0 Å². The molecule has 0 N–H and O–H groups in total. The highest BCUT2D eigenvalue weighted by Gasteiger charge is 2.38. The summed E-state index contributed by atoms with van der Waals surface area (Å²) < 4.78 is 6.71. The van der Waals surface area contributed by atoms with E-state index < -0.39 is 0 Å². The SMILES string of the molecule is O=C(c1ccc(I)c(Cl)c1)N1CCOC2CCCC21. The van der Waals surface area contributed by atoms with Crippen LogP contribution in [0, 0.1) is 3.57 Å². The van der Waals surface area contributed by atoms with Crippen LogP contribution >= 0.6 is 34.2 Å². The predicted octanol–water partition coefficient (Wildman–Crippen LogP) is 3.34. The highest BCUT2D eigenvalue weighted by molar-refractivity contribution is 14.1. The van der Waals surface area contributed by atoms with E-state index in [0.29, 0.717) is 23.7 Å². The number of amides is 1. The fourth-order valence-corrected chi connectivity index (χ4v) is 3.49. The maximum atomic E-state index is 12.6. The second kappa shape index (κ2) is 5.58. The minimum Gasteiger partial charge on any atom is -0.374 e. The summed E-state index contributed by atoms with van der Waals surface area (Å²) >= 11 is 8.27. The zero-order valence-electron chi connectivity index (χ0n) is 10.4. The summed E-state index contributed by atoms with van der Waals surface area (Å²) in [4.78, 5) is 14.6. The van der Waals surface area contributed by atoms with Gasteiger partial charge in [0.2, 0.25) is 0 Å². The van der Waals surface area contributed by atoms with Crippen LogP contribution in [0.4, 0.5) is 0 Å². The number of carbonyl (C=O) groups is 1. The molecule has 1 saturated heterocycles. The fraction of sp³-hybridized carbons (Fsp3) is 0.500. The molecular weight excluding hydrogens is 377 g/mol. The van der Waals surface area contributed by atoms with Crippen LogP contribution in [0.1, 0.15) is 29.6 Å². The molecule has 2 aliphatic rings. The van der Waals surface area contributed by atoms with Crippen molar-refractivity contribution in [1.29, 1.82) is 0 Å². The summed E-state index contributed by atoms with van der Waals surface area (Å²) in [7, 11) is 0. The highest BCUT2D eigenvalue weighted by atomic mass is 127. The number of fused-ring (bicyclic) bond motifs is 1. The summed E-state index contributed by atoms with van der Waals surface area (Å²) in [5.74, 6) is 0.0819. The van der Waals surface area contributed by atoms with Crippen molar-refractivity contribution in [2.24, 2.45) is 0 Å². The van der Waals surface area contributed by atoms with E-state index in [1.165, 1.54) is 0 Å². The largest absolute Gasteiger partial charge is 0.374 e. The summed E-state index contributed by atoms with van der Waals surface area (Å²) in [5.41, 5.74) is 0.679. The molecule has 1 aliphatic carbocycles. The van der Waals surface area contributed by atoms with Gasteiger partial charge in [0.05, 0.1) is 23.8 Å². The van der Waals surface area contributed by atoms with Crippen molar-refractivity contribution in [3.05, 3.63) is 32.4 Å². The van der Waals surface area contributed by atoms with Crippen LogP contribution < -0.4 is 0 Å². The number of rotatable bonds is 1. The molecule has 0 aromatic heterocycles. The van der Waals surface area contributed by atoms with E-state index in [2.05, 4.69) is 22.6 Å². The second-order valence-electron chi connectivity index (χ2n) is 5.03. The Morgan fingerprint density at radius 3 is 3.05 bits per heavy atom. The molecule has 1 heterocycles. The second-order valence-corrected chi connectivity index (χ2v) is 6.60. The van der Waals surface area contributed by atoms with Crippen LogP contribution in [-0.4, -0.2) is 36.1 Å². The lowest BCUT2D eigenvalue weighted by molar-refractivity contribution is -0.0445. The van der Waals surface area contributed by atoms with E-state index in [1.807, 2.05) is 17.0 Å². The lowest BCUT2D eigenvalue weighted by Gasteiger charge is -2.37. The third kappa shape index (κ3) is 2.62. The van der Waals surface area contributed by atoms with Crippen LogP contribution in [0.5, 0.6) is 0 Å². The molecule has 0 radical (unpaired) electrons. The Bertz CT molecular complexity index is 508. The summed E-state index contributed by atoms with van der Waals surface area (Å²) in [6.45, 7) is 1.33. The van der Waals surface area contributed by atoms with Crippen LogP contribution in [0.15, 0.2) is 18.2 Å². The van der Waals surface area contributed by atoms with Crippen LogP contribution in [0.25, 0.3) is 0 Å². The summed E-state index contributed by atoms with van der Waals surface area (Å²) in [5, 5.41) is 0.641. The Kier molecular flexibility index (Phi) is 4.01. The van der Waals surface area contributed by atoms with Gasteiger partial charge in [-0.2, -0.15) is 0 Å². The Morgan fingerprint density at radius 2 is 2.26 bits per heavy atom. The van der Waals surface area contributed by atoms with Gasteiger partial charge in [-0.05, 0) is 60.1 Å². The predicted molar refractivity (Wildman–Crippen MR) is 82.6 cm³/mol. The first-order valence-electron chi connectivity index (χ1n) is 6.54. The molecule has 1 amide bonds. The maximum absolute atomic E-state index is 12.6. The number of nitrogens with zero attached hydrogens (tertiary/aromatic N) is 1. The third-order valence-corrected chi connectivity index (χ3v) is 5.48. The number of hydrogen-bond donors (Lipinski definition) is 0. The molecule has 102 valence electrons. The molecule has 2 atom stereocenters. The molecule has 1 aromatic rings. The Hall–Kier alpha value is -0.330. The van der Waals surface area contributed by atoms with Gasteiger partial charge in [0, 0.05) is 15.7 Å². The third-order valence-electron chi connectivity index (χ3n) is 3.91. The number of morpholine rings is 1. The minimum atomic E-state index is 0.0819. The highest BCUT2D eigenvalue weighted by Crippen LogP contribution is 2.31. The van der Waals surface area contributed by atoms with E-state index in [0.717, 1.165) is 22.8 Å². The average molecular weight is 392 g/mol. The number of ether oxygens (including phenoxy) is 1. The first-order valence-corrected chi connectivity index (χ1v) is 8.00. The average Bonchev–Trinajstić information content (AvgIpc) is 2.89. The molecule has 3 rings (SSSR count). The quantitative estimate of drug-likeness (QED) is 0.687. The molecule has 3 nitrogen and oxygen atoms in total. The Morgan fingerprint density at radius 1 is 1.42 bits per heavy atom. The molecule has 0 bridgehead atoms. The van der Waals surface area contributed by atoms with Crippen molar-refractivity contribution in [2.75, 3.05) is 13.2 Å². The standard InChI is InChI=1S/C14H15ClINO2/c15-10-8-9(4-5-11(10)16)14(18)17-6-7-19-13-3-1-2-12(13)17/h4-5,8,12-13H,1-3,6-7H2. The van der Waals surface area contributed by atoms with Gasteiger partial charge >= 0.3 is 0 Å². The smallest absolute Gasteiger partial charge is 0.254 e. The van der Waals surface area contributed by atoms with Gasteiger partial charge in [0.15, 0.2) is 0 Å². The van der Waals surface area contributed by atoms with Gasteiger partial charge < -0.3 is 9.64 Å². The van der Waals surface area contributed by atoms with Crippen molar-refractivity contribution in [2.45, 2.75) is 31.4 Å². The van der Waals surface area contributed by atoms with E-state index in [4.69, 9.17) is 16.3 Å². The van der Waals surface area contributed by atoms with Gasteiger partial charge in [-0.1, -0.05) is 11.6 Å². The normalized spacial score (nSPS) is 26.3. The minimum absolute atomic E-state index is 0.0819. The van der Waals surface area contributed by atoms with E-state index in [9.17, 15) is 4.79 Å². The molecule has 19 heavy (non-hydrogen) atoms. The zero-order valence-corrected chi connectivity index (χ0v) is 13.4. The molecule has 1 aromatic carbocycles. The molecular formula is C14H15ClINO2. The summed E-state index contributed by atoms with van der Waals surface area (Å²) in [6, 6.07) is 5.77. The Balaban J connectivity index is 1.84. The zero-order chi connectivity index (χ0) is 13.4. The first kappa shape index (κ1) is 13.6. The monoisotopic (exact) mass is 391 g/mol. The van der Waals surface area contributed by atoms with Gasteiger partial charge in [0.25, 0.3) is 5.91 Å². The van der Waals surface area contributed by atoms with Gasteiger partial charge in [-0.15, -0.1) is 0 Å². The van der Waals surface area contributed by atoms with Crippen molar-refractivity contribution in [3.63, 3.8) is 0 Å². The molecule has 1 aliphatic heterocycles. The number of hydrogen-bond acceptors (Lipinski definition) is 2. The van der Waals surface area contributed by atoms with E-state index >= 15 is 0 Å². The lowest BCUT2D eigenvalue weighted by atomic mass is 10.1. The van der Waals surface area contributed by atoms with Crippen molar-refractivity contribution < 1.29 is 9.53 Å². The van der Waals surface area contributed by atoms with E-state index in [-0.39, 0.29) is 18.1 Å². The molecule has 0 spiro atoms. The number of benzene rings is 1. The lowest BCUT2D eigenvalue weighted by Crippen LogP contribution is -2.51. The molecule has 5 heteroatoms. The Labute approximate surface area is 131 Å². The van der Waals surface area contributed by atoms with Crippen molar-refractivity contribution >= 4 is 40.1 Å². The molecule has 1 saturated carbocycles. The summed E-state index contributed by atoms with van der Waals surface area (Å²) in [6.07, 6.45) is 3.50. The fourth-order valence-electron chi connectivity index (χ4n) is 2.97. The first-order chi connectivity index (χ1) is 9.16. The number of carbonyl (C=O) groups excluding carboxylic acids is 1. The van der Waals surface area contributed by atoms with Crippen molar-refractivity contribution in [1.82, 2.24) is 4.90 Å². The van der Waals surface area contributed by atoms with Gasteiger partial charge in [0.1, 0.15) is 0 Å². The topological polar surface area (TPSA) is 29.5 Å². The van der Waals surface area contributed by atoms with Crippen molar-refractivity contribution in [3.8, 4) is 0 Å². The van der Waals surface area contributed by atoms with Crippen LogP contribution in [0.2, 0.25) is 5.02 Å².